The van der Waals surface area contributed by atoms with E-state index < -0.39 is 0 Å². The molecule has 31 heavy (non-hydrogen) atoms. The number of amides is 1. The number of para-hydroxylation sites is 1. The van der Waals surface area contributed by atoms with Gasteiger partial charge in [-0.15, -0.1) is 0 Å². The predicted molar refractivity (Wildman–Crippen MR) is 118 cm³/mol. The van der Waals surface area contributed by atoms with E-state index in [0.717, 1.165) is 33.4 Å². The first kappa shape index (κ1) is 20.4. The zero-order valence-corrected chi connectivity index (χ0v) is 17.2. The number of hydrogen-bond acceptors (Lipinski definition) is 3. The molecule has 7 heteroatoms. The highest BCUT2D eigenvalue weighted by atomic mass is 19.1. The number of halogens is 1. The largest absolute Gasteiger partial charge is 0.354 e. The highest BCUT2D eigenvalue weighted by Crippen LogP contribution is 2.31. The first-order valence-corrected chi connectivity index (χ1v) is 10.1. The van der Waals surface area contributed by atoms with Crippen LogP contribution >= 0.6 is 0 Å². The number of aromatic nitrogens is 3. The van der Waals surface area contributed by atoms with Crippen molar-refractivity contribution in [1.29, 1.82) is 5.26 Å². The van der Waals surface area contributed by atoms with Crippen LogP contribution in [0.4, 0.5) is 10.2 Å². The summed E-state index contributed by atoms with van der Waals surface area (Å²) in [6, 6.07) is 18.2. The lowest BCUT2D eigenvalue weighted by atomic mass is 10.0. The molecule has 6 nitrogen and oxygen atoms in total. The van der Waals surface area contributed by atoms with Gasteiger partial charge in [0.2, 0.25) is 5.91 Å². The van der Waals surface area contributed by atoms with E-state index >= 15 is 0 Å². The molecule has 2 heterocycles. The van der Waals surface area contributed by atoms with Crippen LogP contribution in [-0.4, -0.2) is 20.7 Å². The molecule has 4 rings (SSSR count). The Balaban J connectivity index is 1.55. The van der Waals surface area contributed by atoms with Gasteiger partial charge in [0.25, 0.3) is 0 Å². The third-order valence-electron chi connectivity index (χ3n) is 5.15. The number of anilines is 1. The van der Waals surface area contributed by atoms with Crippen LogP contribution < -0.4 is 5.32 Å². The molecule has 0 atom stereocenters. The molecule has 0 spiro atoms. The summed E-state index contributed by atoms with van der Waals surface area (Å²) in [6.45, 7) is 2.27. The number of H-pyrrole nitrogens is 1. The summed E-state index contributed by atoms with van der Waals surface area (Å²) in [5.74, 6) is 0.174. The van der Waals surface area contributed by atoms with Crippen LogP contribution in [0.3, 0.4) is 0 Å². The predicted octanol–water partition coefficient (Wildman–Crippen LogP) is 4.96. The van der Waals surface area contributed by atoms with E-state index in [1.807, 2.05) is 31.2 Å². The van der Waals surface area contributed by atoms with E-state index in [0.29, 0.717) is 25.2 Å². The minimum atomic E-state index is -0.288. The first-order chi connectivity index (χ1) is 15.0. The van der Waals surface area contributed by atoms with Gasteiger partial charge in [0, 0.05) is 29.1 Å². The van der Waals surface area contributed by atoms with Crippen molar-refractivity contribution in [2.75, 3.05) is 5.32 Å². The number of benzene rings is 2. The Kier molecular flexibility index (Phi) is 5.80. The molecule has 156 valence electrons. The van der Waals surface area contributed by atoms with Crippen LogP contribution in [0.15, 0.2) is 54.6 Å². The molecule has 2 aromatic carbocycles. The van der Waals surface area contributed by atoms with E-state index in [-0.39, 0.29) is 18.1 Å². The van der Waals surface area contributed by atoms with Gasteiger partial charge in [-0.3, -0.25) is 4.79 Å². The number of aromatic amines is 1. The Morgan fingerprint density at radius 2 is 2.00 bits per heavy atom. The average Bonchev–Trinajstić information content (AvgIpc) is 3.31. The van der Waals surface area contributed by atoms with Gasteiger partial charge in [-0.25, -0.2) is 9.07 Å². The van der Waals surface area contributed by atoms with E-state index in [2.05, 4.69) is 21.5 Å². The van der Waals surface area contributed by atoms with Crippen LogP contribution in [0.25, 0.3) is 22.2 Å². The molecule has 0 fully saturated rings. The maximum absolute atomic E-state index is 13.4. The summed E-state index contributed by atoms with van der Waals surface area (Å²) >= 11 is 0. The fraction of sp³-hybridized carbons (Fsp3) is 0.208. The Labute approximate surface area is 179 Å². The quantitative estimate of drug-likeness (QED) is 0.447. The Morgan fingerprint density at radius 1 is 1.23 bits per heavy atom. The van der Waals surface area contributed by atoms with Gasteiger partial charge in [-0.1, -0.05) is 18.2 Å². The van der Waals surface area contributed by atoms with Gasteiger partial charge < -0.3 is 10.3 Å². The third kappa shape index (κ3) is 4.48. The minimum absolute atomic E-state index is 0.131. The lowest BCUT2D eigenvalue weighted by molar-refractivity contribution is -0.116. The second-order valence-electron chi connectivity index (χ2n) is 7.38. The minimum Gasteiger partial charge on any atom is -0.354 e. The number of aryl methyl sites for hydroxylation is 3. The molecular weight excluding hydrogens is 393 g/mol. The molecule has 2 N–H and O–H groups in total. The van der Waals surface area contributed by atoms with Crippen molar-refractivity contribution in [2.24, 2.45) is 0 Å². The van der Waals surface area contributed by atoms with Crippen molar-refractivity contribution < 1.29 is 9.18 Å². The summed E-state index contributed by atoms with van der Waals surface area (Å²) in [7, 11) is 0. The molecule has 0 saturated carbocycles. The topological polar surface area (TPSA) is 86.5 Å². The van der Waals surface area contributed by atoms with Crippen LogP contribution in [0, 0.1) is 24.1 Å². The van der Waals surface area contributed by atoms with Crippen LogP contribution in [-0.2, 0) is 17.8 Å². The summed E-state index contributed by atoms with van der Waals surface area (Å²) in [6.07, 6.45) is 1.12. The fourth-order valence-corrected chi connectivity index (χ4v) is 3.74. The van der Waals surface area contributed by atoms with Crippen molar-refractivity contribution in [3.05, 3.63) is 71.7 Å². The Hall–Kier alpha value is -3.92. The van der Waals surface area contributed by atoms with Gasteiger partial charge >= 0.3 is 0 Å². The van der Waals surface area contributed by atoms with Crippen LogP contribution in [0.5, 0.6) is 0 Å². The molecule has 0 bridgehead atoms. The number of hydrogen-bond donors (Lipinski definition) is 2. The SMILES string of the molecule is Cc1cc(NC(=O)CCc2c(-c3ccc(F)cc3)[nH]c3ccccc23)n(CCC#N)n1. The Bertz CT molecular complexity index is 1260. The lowest BCUT2D eigenvalue weighted by Crippen LogP contribution is -2.16. The second kappa shape index (κ2) is 8.84. The van der Waals surface area contributed by atoms with Gasteiger partial charge in [0.1, 0.15) is 11.6 Å². The molecule has 0 saturated heterocycles. The van der Waals surface area contributed by atoms with Gasteiger partial charge in [-0.05, 0) is 54.8 Å². The first-order valence-electron chi connectivity index (χ1n) is 10.1. The van der Waals surface area contributed by atoms with E-state index in [4.69, 9.17) is 5.26 Å². The summed E-state index contributed by atoms with van der Waals surface area (Å²) in [4.78, 5) is 16.1. The molecule has 0 aliphatic carbocycles. The van der Waals surface area contributed by atoms with Crippen LogP contribution in [0.2, 0.25) is 0 Å². The highest BCUT2D eigenvalue weighted by molar-refractivity contribution is 5.93. The van der Waals surface area contributed by atoms with E-state index in [9.17, 15) is 9.18 Å². The third-order valence-corrected chi connectivity index (χ3v) is 5.15. The lowest BCUT2D eigenvalue weighted by Gasteiger charge is -2.09. The van der Waals surface area contributed by atoms with Gasteiger partial charge in [-0.2, -0.15) is 10.4 Å². The molecule has 0 radical (unpaired) electrons. The number of fused-ring (bicyclic) bond motifs is 1. The normalized spacial score (nSPS) is 10.9. The van der Waals surface area contributed by atoms with Crippen molar-refractivity contribution in [1.82, 2.24) is 14.8 Å². The summed E-state index contributed by atoms with van der Waals surface area (Å²) in [5, 5.41) is 17.1. The maximum atomic E-state index is 13.4. The number of carbonyl (C=O) groups excluding carboxylic acids is 1. The molecule has 4 aromatic rings. The smallest absolute Gasteiger partial charge is 0.225 e. The Morgan fingerprint density at radius 3 is 2.77 bits per heavy atom. The number of nitrogens with one attached hydrogen (secondary N) is 2. The standard InChI is InChI=1S/C24H22FN5O/c1-16-15-22(30(29-16)14-4-13-26)28-23(31)12-11-20-19-5-2-3-6-21(19)27-24(20)17-7-9-18(25)10-8-17/h2-3,5-10,15,27H,4,11-12,14H2,1H3,(H,28,31). The zero-order valence-electron chi connectivity index (χ0n) is 17.2. The second-order valence-corrected chi connectivity index (χ2v) is 7.38. The monoisotopic (exact) mass is 415 g/mol. The molecular formula is C24H22FN5O. The van der Waals surface area contributed by atoms with Crippen molar-refractivity contribution in [3.8, 4) is 17.3 Å². The number of carbonyl (C=O) groups is 1. The summed E-state index contributed by atoms with van der Waals surface area (Å²) < 4.78 is 15.0. The van der Waals surface area contributed by atoms with E-state index in [1.54, 1.807) is 22.9 Å². The zero-order chi connectivity index (χ0) is 21.8. The molecule has 1 amide bonds. The maximum Gasteiger partial charge on any atom is 0.225 e. The van der Waals surface area contributed by atoms with Crippen molar-refractivity contribution in [3.63, 3.8) is 0 Å². The van der Waals surface area contributed by atoms with Crippen molar-refractivity contribution >= 4 is 22.6 Å². The van der Waals surface area contributed by atoms with E-state index in [1.165, 1.54) is 12.1 Å². The molecule has 0 aliphatic heterocycles. The number of nitrogens with zero attached hydrogens (tertiary/aromatic N) is 3. The van der Waals surface area contributed by atoms with Crippen molar-refractivity contribution in [2.45, 2.75) is 32.7 Å². The van der Waals surface area contributed by atoms with Gasteiger partial charge in [0.15, 0.2) is 0 Å². The molecule has 2 aromatic heterocycles. The summed E-state index contributed by atoms with van der Waals surface area (Å²) in [5.41, 5.74) is 4.54. The number of nitriles is 1. The molecule has 0 aliphatic rings. The average molecular weight is 415 g/mol. The highest BCUT2D eigenvalue weighted by Gasteiger charge is 2.16. The fourth-order valence-electron chi connectivity index (χ4n) is 3.74. The van der Waals surface area contributed by atoms with Crippen LogP contribution in [0.1, 0.15) is 24.1 Å². The number of rotatable bonds is 7. The molecule has 0 unspecified atom stereocenters. The van der Waals surface area contributed by atoms with Gasteiger partial charge in [0.05, 0.1) is 24.7 Å².